The molecule has 1 aliphatic rings. The van der Waals surface area contributed by atoms with Gasteiger partial charge in [-0.05, 0) is 44.0 Å². The molecule has 4 rings (SSSR count). The number of nitrogens with zero attached hydrogens (tertiary/aromatic N) is 6. The monoisotopic (exact) mass is 432 g/mol. The fraction of sp³-hybridized carbons (Fsp3) is 0.421. The molecule has 1 fully saturated rings. The second kappa shape index (κ2) is 8.08. The van der Waals surface area contributed by atoms with Gasteiger partial charge in [0.05, 0.1) is 11.5 Å². The van der Waals surface area contributed by atoms with Crippen LogP contribution in [0.25, 0.3) is 10.2 Å². The van der Waals surface area contributed by atoms with E-state index in [1.807, 2.05) is 20.8 Å². The first-order valence-electron chi connectivity index (χ1n) is 9.38. The quantitative estimate of drug-likeness (QED) is 0.458. The maximum atomic E-state index is 12.5. The van der Waals surface area contributed by atoms with Gasteiger partial charge in [-0.15, -0.1) is 11.3 Å². The first kappa shape index (κ1) is 19.8. The molecular weight excluding hydrogens is 412 g/mol. The van der Waals surface area contributed by atoms with Gasteiger partial charge in [0.25, 0.3) is 0 Å². The van der Waals surface area contributed by atoms with E-state index in [0.29, 0.717) is 9.71 Å². The van der Waals surface area contributed by atoms with E-state index in [1.54, 1.807) is 18.5 Å². The lowest BCUT2D eigenvalue weighted by Crippen LogP contribution is -2.47. The molecule has 0 amide bonds. The summed E-state index contributed by atoms with van der Waals surface area (Å²) in [6, 6.07) is 1.81. The number of hydrogen-bond donors (Lipinski definition) is 0. The van der Waals surface area contributed by atoms with Gasteiger partial charge in [0.2, 0.25) is 11.2 Å². The fourth-order valence-electron chi connectivity index (χ4n) is 3.36. The lowest BCUT2D eigenvalue weighted by molar-refractivity contribution is 0.0383. The highest BCUT2D eigenvalue weighted by atomic mass is 35.5. The van der Waals surface area contributed by atoms with Crippen molar-refractivity contribution in [1.29, 1.82) is 0 Å². The SMILES string of the molecule is Cc1c(C(=O)OC(C)C)sc2nc(Cl)nc(N3CCN(c4ncccn4)CC3)c12. The Hall–Kier alpha value is -2.52. The van der Waals surface area contributed by atoms with Crippen molar-refractivity contribution >= 4 is 50.9 Å². The first-order valence-corrected chi connectivity index (χ1v) is 10.6. The first-order chi connectivity index (χ1) is 13.9. The zero-order valence-corrected chi connectivity index (χ0v) is 18.0. The molecular formula is C19H21ClN6O2S. The third-order valence-corrected chi connectivity index (χ3v) is 6.02. The second-order valence-electron chi connectivity index (χ2n) is 7.03. The Morgan fingerprint density at radius 1 is 1.14 bits per heavy atom. The highest BCUT2D eigenvalue weighted by Gasteiger charge is 2.26. The molecule has 0 spiro atoms. The van der Waals surface area contributed by atoms with E-state index in [0.717, 1.165) is 48.9 Å². The Bertz CT molecular complexity index is 1030. The van der Waals surface area contributed by atoms with Crippen molar-refractivity contribution in [2.75, 3.05) is 36.0 Å². The van der Waals surface area contributed by atoms with E-state index in [9.17, 15) is 4.79 Å². The summed E-state index contributed by atoms with van der Waals surface area (Å²) in [4.78, 5) is 35.5. The molecule has 10 heteroatoms. The second-order valence-corrected chi connectivity index (χ2v) is 8.37. The molecule has 0 aliphatic carbocycles. The summed E-state index contributed by atoms with van der Waals surface area (Å²) in [5, 5.41) is 1.03. The molecule has 3 aromatic heterocycles. The van der Waals surface area contributed by atoms with Crippen LogP contribution in [0.1, 0.15) is 29.1 Å². The van der Waals surface area contributed by atoms with Gasteiger partial charge in [-0.25, -0.2) is 19.7 Å². The van der Waals surface area contributed by atoms with Gasteiger partial charge in [0.15, 0.2) is 0 Å². The van der Waals surface area contributed by atoms with E-state index in [-0.39, 0.29) is 17.4 Å². The van der Waals surface area contributed by atoms with E-state index in [1.165, 1.54) is 11.3 Å². The highest BCUT2D eigenvalue weighted by molar-refractivity contribution is 7.20. The lowest BCUT2D eigenvalue weighted by atomic mass is 10.2. The lowest BCUT2D eigenvalue weighted by Gasteiger charge is -2.35. The molecule has 0 radical (unpaired) electrons. The van der Waals surface area contributed by atoms with Crippen LogP contribution >= 0.6 is 22.9 Å². The van der Waals surface area contributed by atoms with E-state index in [2.05, 4.69) is 29.7 Å². The number of carbonyl (C=O) groups is 1. The minimum absolute atomic E-state index is 0.173. The molecule has 0 bridgehead atoms. The molecule has 0 aromatic carbocycles. The van der Waals surface area contributed by atoms with Crippen molar-refractivity contribution in [3.05, 3.63) is 34.2 Å². The molecule has 0 unspecified atom stereocenters. The number of anilines is 2. The van der Waals surface area contributed by atoms with Crippen LogP contribution in [0, 0.1) is 6.92 Å². The van der Waals surface area contributed by atoms with Crippen LogP contribution in [0.5, 0.6) is 0 Å². The van der Waals surface area contributed by atoms with Crippen molar-refractivity contribution in [2.45, 2.75) is 26.9 Å². The number of rotatable bonds is 4. The van der Waals surface area contributed by atoms with E-state index in [4.69, 9.17) is 16.3 Å². The predicted molar refractivity (Wildman–Crippen MR) is 114 cm³/mol. The predicted octanol–water partition coefficient (Wildman–Crippen LogP) is 3.33. The van der Waals surface area contributed by atoms with Gasteiger partial charge < -0.3 is 14.5 Å². The van der Waals surface area contributed by atoms with Crippen molar-refractivity contribution < 1.29 is 9.53 Å². The van der Waals surface area contributed by atoms with Crippen molar-refractivity contribution in [1.82, 2.24) is 19.9 Å². The topological polar surface area (TPSA) is 84.3 Å². The summed E-state index contributed by atoms with van der Waals surface area (Å²) in [5.74, 6) is 1.14. The average molecular weight is 433 g/mol. The molecule has 1 aliphatic heterocycles. The molecule has 29 heavy (non-hydrogen) atoms. The van der Waals surface area contributed by atoms with Crippen LogP contribution in [-0.4, -0.2) is 58.2 Å². The van der Waals surface area contributed by atoms with Crippen molar-refractivity contribution in [3.63, 3.8) is 0 Å². The number of carbonyl (C=O) groups excluding carboxylic acids is 1. The number of ether oxygens (including phenoxy) is 1. The van der Waals surface area contributed by atoms with E-state index < -0.39 is 0 Å². The molecule has 1 saturated heterocycles. The third-order valence-electron chi connectivity index (χ3n) is 4.69. The summed E-state index contributed by atoms with van der Waals surface area (Å²) in [7, 11) is 0. The van der Waals surface area contributed by atoms with Crippen LogP contribution in [0.2, 0.25) is 5.28 Å². The van der Waals surface area contributed by atoms with Crippen LogP contribution in [0.3, 0.4) is 0 Å². The molecule has 0 atom stereocenters. The zero-order valence-electron chi connectivity index (χ0n) is 16.4. The Morgan fingerprint density at radius 2 is 1.79 bits per heavy atom. The van der Waals surface area contributed by atoms with Gasteiger partial charge in [-0.2, -0.15) is 4.98 Å². The molecule has 0 saturated carbocycles. The zero-order chi connectivity index (χ0) is 20.5. The smallest absolute Gasteiger partial charge is 0.348 e. The molecule has 8 nitrogen and oxygen atoms in total. The third kappa shape index (κ3) is 3.97. The normalized spacial score (nSPS) is 14.7. The van der Waals surface area contributed by atoms with Crippen LogP contribution in [-0.2, 0) is 4.74 Å². The van der Waals surface area contributed by atoms with Gasteiger partial charge in [-0.3, -0.25) is 0 Å². The van der Waals surface area contributed by atoms with Gasteiger partial charge >= 0.3 is 5.97 Å². The maximum Gasteiger partial charge on any atom is 0.348 e. The van der Waals surface area contributed by atoms with Gasteiger partial charge in [0, 0.05) is 38.6 Å². The summed E-state index contributed by atoms with van der Waals surface area (Å²) < 4.78 is 5.38. The average Bonchev–Trinajstić information content (AvgIpc) is 3.04. The molecule has 0 N–H and O–H groups in total. The summed E-state index contributed by atoms with van der Waals surface area (Å²) in [6.45, 7) is 8.57. The number of aromatic nitrogens is 4. The number of thiophene rings is 1. The summed E-state index contributed by atoms with van der Waals surface area (Å²) >= 11 is 7.50. The summed E-state index contributed by atoms with van der Waals surface area (Å²) in [6.07, 6.45) is 3.30. The number of piperazine rings is 1. The Labute approximate surface area is 177 Å². The largest absolute Gasteiger partial charge is 0.459 e. The highest BCUT2D eigenvalue weighted by Crippen LogP contribution is 2.37. The molecule has 152 valence electrons. The maximum absolute atomic E-state index is 12.5. The van der Waals surface area contributed by atoms with Gasteiger partial charge in [0.1, 0.15) is 15.5 Å². The number of hydrogen-bond acceptors (Lipinski definition) is 9. The standard InChI is InChI=1S/C19H21ClN6O2S/c1-11(2)28-17(27)14-12(3)13-15(23-18(20)24-16(13)29-14)25-7-9-26(10-8-25)19-21-5-4-6-22-19/h4-6,11H,7-10H2,1-3H3. The number of halogens is 1. The Morgan fingerprint density at radius 3 is 2.45 bits per heavy atom. The Kier molecular flexibility index (Phi) is 5.51. The number of aryl methyl sites for hydroxylation is 1. The van der Waals surface area contributed by atoms with Crippen molar-refractivity contribution in [2.24, 2.45) is 0 Å². The van der Waals surface area contributed by atoms with Crippen LogP contribution in [0.4, 0.5) is 11.8 Å². The fourth-order valence-corrected chi connectivity index (χ4v) is 4.63. The summed E-state index contributed by atoms with van der Waals surface area (Å²) in [5.41, 5.74) is 0.830. The minimum atomic E-state index is -0.339. The van der Waals surface area contributed by atoms with E-state index >= 15 is 0 Å². The van der Waals surface area contributed by atoms with Crippen LogP contribution < -0.4 is 9.80 Å². The Balaban J connectivity index is 1.64. The van der Waals surface area contributed by atoms with Gasteiger partial charge in [-0.1, -0.05) is 0 Å². The number of fused-ring (bicyclic) bond motifs is 1. The number of esters is 1. The molecule has 3 aromatic rings. The molecule has 4 heterocycles. The minimum Gasteiger partial charge on any atom is -0.459 e. The van der Waals surface area contributed by atoms with Crippen LogP contribution in [0.15, 0.2) is 18.5 Å². The van der Waals surface area contributed by atoms with Crippen molar-refractivity contribution in [3.8, 4) is 0 Å².